The number of hydrogen-bond acceptors (Lipinski definition) is 7. The molecule has 0 aromatic heterocycles. The molecule has 2 aromatic carbocycles. The van der Waals surface area contributed by atoms with Crippen LogP contribution < -0.4 is 15.4 Å². The number of nitrogens with one attached hydrogen (secondary N) is 2. The van der Waals surface area contributed by atoms with Crippen LogP contribution in [0.1, 0.15) is 38.0 Å². The topological polar surface area (TPSA) is 120 Å². The van der Waals surface area contributed by atoms with Gasteiger partial charge in [0.25, 0.3) is 5.91 Å². The van der Waals surface area contributed by atoms with Gasteiger partial charge in [0, 0.05) is 13.0 Å². The molecule has 0 fully saturated rings. The number of esters is 2. The molecule has 2 aromatic rings. The first-order chi connectivity index (χ1) is 14.2. The summed E-state index contributed by atoms with van der Waals surface area (Å²) in [6, 6.07) is 6.69. The van der Waals surface area contributed by atoms with Gasteiger partial charge in [-0.1, -0.05) is 11.6 Å². The first kappa shape index (κ1) is 22.7. The predicted molar refractivity (Wildman–Crippen MR) is 109 cm³/mol. The second-order valence-corrected chi connectivity index (χ2v) is 6.32. The van der Waals surface area contributed by atoms with Crippen molar-refractivity contribution in [3.63, 3.8) is 0 Å². The molecule has 0 saturated carbocycles. The summed E-state index contributed by atoms with van der Waals surface area (Å²) < 4.78 is 14.6. The lowest BCUT2D eigenvalue weighted by Crippen LogP contribution is -2.17. The van der Waals surface area contributed by atoms with Gasteiger partial charge in [-0.05, 0) is 24.3 Å². The quantitative estimate of drug-likeness (QED) is 0.670. The number of carbonyl (C=O) groups excluding carboxylic acids is 4. The zero-order chi connectivity index (χ0) is 22.4. The number of amides is 2. The van der Waals surface area contributed by atoms with E-state index in [4.69, 9.17) is 21.1 Å². The van der Waals surface area contributed by atoms with Crippen molar-refractivity contribution in [3.05, 3.63) is 52.0 Å². The monoisotopic (exact) mass is 434 g/mol. The maximum absolute atomic E-state index is 12.9. The minimum atomic E-state index is -0.715. The highest BCUT2D eigenvalue weighted by atomic mass is 35.5. The van der Waals surface area contributed by atoms with E-state index in [1.165, 1.54) is 58.6 Å². The van der Waals surface area contributed by atoms with Crippen molar-refractivity contribution in [2.75, 3.05) is 32.0 Å². The van der Waals surface area contributed by atoms with Crippen LogP contribution in [-0.2, 0) is 14.3 Å². The summed E-state index contributed by atoms with van der Waals surface area (Å²) in [5.41, 5.74) is 0.472. The molecule has 9 nitrogen and oxygen atoms in total. The lowest BCUT2D eigenvalue weighted by atomic mass is 10.1. The van der Waals surface area contributed by atoms with Crippen LogP contribution in [0.15, 0.2) is 30.3 Å². The molecule has 10 heteroatoms. The number of benzene rings is 2. The molecule has 0 aliphatic rings. The Hall–Kier alpha value is -3.59. The van der Waals surface area contributed by atoms with Crippen molar-refractivity contribution in [2.45, 2.75) is 6.92 Å². The highest BCUT2D eigenvalue weighted by Crippen LogP contribution is 2.32. The van der Waals surface area contributed by atoms with Crippen molar-refractivity contribution in [1.82, 2.24) is 0 Å². The number of anilines is 2. The second kappa shape index (κ2) is 9.75. The summed E-state index contributed by atoms with van der Waals surface area (Å²) in [5, 5.41) is 5.18. The Morgan fingerprint density at radius 1 is 0.833 bits per heavy atom. The summed E-state index contributed by atoms with van der Waals surface area (Å²) in [6.45, 7) is 1.31. The number of halogens is 1. The molecule has 0 unspecified atom stereocenters. The molecule has 0 spiro atoms. The molecular formula is C20H19ClN2O7. The fourth-order valence-corrected chi connectivity index (χ4v) is 2.77. The second-order valence-electron chi connectivity index (χ2n) is 5.91. The Balaban J connectivity index is 2.48. The van der Waals surface area contributed by atoms with Crippen LogP contribution in [0.25, 0.3) is 0 Å². The molecule has 0 aliphatic carbocycles. The third-order valence-corrected chi connectivity index (χ3v) is 4.25. The lowest BCUT2D eigenvalue weighted by Gasteiger charge is -2.15. The zero-order valence-electron chi connectivity index (χ0n) is 16.6. The smallest absolute Gasteiger partial charge is 0.339 e. The average Bonchev–Trinajstić information content (AvgIpc) is 2.73. The molecule has 0 heterocycles. The highest BCUT2D eigenvalue weighted by molar-refractivity contribution is 6.34. The van der Waals surface area contributed by atoms with Gasteiger partial charge in [-0.25, -0.2) is 9.59 Å². The van der Waals surface area contributed by atoms with Crippen molar-refractivity contribution < 1.29 is 33.4 Å². The number of ether oxygens (including phenoxy) is 3. The van der Waals surface area contributed by atoms with Crippen LogP contribution in [0.3, 0.4) is 0 Å². The van der Waals surface area contributed by atoms with Gasteiger partial charge < -0.3 is 24.8 Å². The lowest BCUT2D eigenvalue weighted by molar-refractivity contribution is -0.114. The molecule has 30 heavy (non-hydrogen) atoms. The first-order valence-corrected chi connectivity index (χ1v) is 8.86. The number of rotatable bonds is 6. The van der Waals surface area contributed by atoms with Crippen LogP contribution in [0, 0.1) is 0 Å². The maximum atomic E-state index is 12.9. The minimum Gasteiger partial charge on any atom is -0.496 e. The number of carbonyl (C=O) groups is 4. The number of methoxy groups -OCH3 is 3. The van der Waals surface area contributed by atoms with Gasteiger partial charge in [-0.3, -0.25) is 9.59 Å². The summed E-state index contributed by atoms with van der Waals surface area (Å²) in [4.78, 5) is 48.1. The van der Waals surface area contributed by atoms with Crippen LogP contribution >= 0.6 is 11.6 Å². The summed E-state index contributed by atoms with van der Waals surface area (Å²) in [7, 11) is 3.74. The van der Waals surface area contributed by atoms with E-state index in [9.17, 15) is 19.2 Å². The van der Waals surface area contributed by atoms with Crippen molar-refractivity contribution in [3.8, 4) is 5.75 Å². The Kier molecular flexibility index (Phi) is 7.38. The Morgan fingerprint density at radius 2 is 1.50 bits per heavy atom. The van der Waals surface area contributed by atoms with E-state index in [0.717, 1.165) is 0 Å². The van der Waals surface area contributed by atoms with E-state index >= 15 is 0 Å². The molecule has 0 atom stereocenters. The highest BCUT2D eigenvalue weighted by Gasteiger charge is 2.21. The molecule has 2 amide bonds. The van der Waals surface area contributed by atoms with E-state index < -0.39 is 17.8 Å². The Bertz CT molecular complexity index is 1020. The SMILES string of the molecule is COC(=O)c1ccc(C(=O)OC)c(NC(=O)c2cc(Cl)c(NC(C)=O)cc2OC)c1. The van der Waals surface area contributed by atoms with Crippen LogP contribution in [0.2, 0.25) is 5.02 Å². The van der Waals surface area contributed by atoms with E-state index in [-0.39, 0.29) is 44.7 Å². The van der Waals surface area contributed by atoms with Crippen LogP contribution in [0.5, 0.6) is 5.75 Å². The molecule has 0 aliphatic heterocycles. The normalized spacial score (nSPS) is 10.0. The molecule has 158 valence electrons. The standard InChI is InChI=1S/C20H19ClN2O7/c1-10(24)22-16-9-17(28-2)13(8-14(16)21)18(25)23-15-7-11(19(26)29-3)5-6-12(15)20(27)30-4/h5-9H,1-4H3,(H,22,24)(H,23,25). The van der Waals surface area contributed by atoms with Crippen LogP contribution in [0.4, 0.5) is 11.4 Å². The zero-order valence-corrected chi connectivity index (χ0v) is 17.4. The van der Waals surface area contributed by atoms with Gasteiger partial charge >= 0.3 is 11.9 Å². The van der Waals surface area contributed by atoms with Gasteiger partial charge in [0.05, 0.1) is 54.4 Å². The van der Waals surface area contributed by atoms with Gasteiger partial charge in [-0.2, -0.15) is 0 Å². The Labute approximate surface area is 177 Å². The minimum absolute atomic E-state index is 0.0263. The molecular weight excluding hydrogens is 416 g/mol. The first-order valence-electron chi connectivity index (χ1n) is 8.49. The van der Waals surface area contributed by atoms with E-state index in [2.05, 4.69) is 15.4 Å². The number of hydrogen-bond donors (Lipinski definition) is 2. The fourth-order valence-electron chi connectivity index (χ4n) is 2.56. The Morgan fingerprint density at radius 3 is 2.07 bits per heavy atom. The third kappa shape index (κ3) is 5.06. The molecule has 0 radical (unpaired) electrons. The maximum Gasteiger partial charge on any atom is 0.339 e. The molecule has 0 bridgehead atoms. The summed E-state index contributed by atoms with van der Waals surface area (Å²) in [6.07, 6.45) is 0. The molecule has 0 saturated heterocycles. The van der Waals surface area contributed by atoms with Crippen molar-refractivity contribution in [1.29, 1.82) is 0 Å². The van der Waals surface area contributed by atoms with E-state index in [1.807, 2.05) is 0 Å². The third-order valence-electron chi connectivity index (χ3n) is 3.94. The largest absolute Gasteiger partial charge is 0.496 e. The van der Waals surface area contributed by atoms with Crippen LogP contribution in [-0.4, -0.2) is 45.1 Å². The predicted octanol–water partition coefficient (Wildman–Crippen LogP) is 3.13. The van der Waals surface area contributed by atoms with Crippen molar-refractivity contribution in [2.24, 2.45) is 0 Å². The summed E-state index contributed by atoms with van der Waals surface area (Å²) >= 11 is 6.15. The molecule has 2 rings (SSSR count). The summed E-state index contributed by atoms with van der Waals surface area (Å²) in [5.74, 6) is -2.26. The van der Waals surface area contributed by atoms with E-state index in [1.54, 1.807) is 0 Å². The van der Waals surface area contributed by atoms with Gasteiger partial charge in [-0.15, -0.1) is 0 Å². The van der Waals surface area contributed by atoms with Crippen molar-refractivity contribution >= 4 is 46.7 Å². The fraction of sp³-hybridized carbons (Fsp3) is 0.200. The van der Waals surface area contributed by atoms with E-state index in [0.29, 0.717) is 0 Å². The van der Waals surface area contributed by atoms with Gasteiger partial charge in [0.2, 0.25) is 5.91 Å². The average molecular weight is 435 g/mol. The van der Waals surface area contributed by atoms with Gasteiger partial charge in [0.15, 0.2) is 0 Å². The van der Waals surface area contributed by atoms with Gasteiger partial charge in [0.1, 0.15) is 5.75 Å². The molecule has 2 N–H and O–H groups in total.